The van der Waals surface area contributed by atoms with Crippen molar-refractivity contribution >= 4 is 5.97 Å². The molecule has 0 saturated carbocycles. The Morgan fingerprint density at radius 3 is 2.48 bits per heavy atom. The lowest BCUT2D eigenvalue weighted by atomic mass is 10.1. The topological polar surface area (TPSA) is 80.9 Å². The lowest BCUT2D eigenvalue weighted by Gasteiger charge is -2.01. The number of hydrogen-bond acceptors (Lipinski definition) is 4. The van der Waals surface area contributed by atoms with E-state index in [-0.39, 0.29) is 6.42 Å². The quantitative estimate of drug-likeness (QED) is 0.756. The molecule has 0 spiro atoms. The molecule has 0 fully saturated rings. The van der Waals surface area contributed by atoms with Gasteiger partial charge in [0.15, 0.2) is 0 Å². The largest absolute Gasteiger partial charge is 0.481 e. The van der Waals surface area contributed by atoms with E-state index in [1.807, 2.05) is 42.6 Å². The monoisotopic (exact) mass is 308 g/mol. The molecule has 116 valence electrons. The van der Waals surface area contributed by atoms with E-state index in [0.29, 0.717) is 13.0 Å². The van der Waals surface area contributed by atoms with Crippen molar-refractivity contribution in [1.82, 2.24) is 20.0 Å². The number of benzene rings is 1. The van der Waals surface area contributed by atoms with Gasteiger partial charge in [-0.05, 0) is 29.7 Å². The molecule has 3 aromatic rings. The Balaban J connectivity index is 1.69. The standard InChI is InChI=1S/C17H16N4O2/c22-17(23)6-3-13-1-4-15(5-2-13)16-12-21(20-19-16)11-14-7-9-18-10-8-14/h1-2,4-5,7-10,12H,3,6,11H2,(H,22,23). The molecule has 0 radical (unpaired) electrons. The van der Waals surface area contributed by atoms with E-state index in [4.69, 9.17) is 5.11 Å². The molecule has 0 bridgehead atoms. The van der Waals surface area contributed by atoms with Crippen molar-refractivity contribution in [2.24, 2.45) is 0 Å². The minimum Gasteiger partial charge on any atom is -0.481 e. The van der Waals surface area contributed by atoms with Crippen molar-refractivity contribution < 1.29 is 9.90 Å². The summed E-state index contributed by atoms with van der Waals surface area (Å²) in [6.45, 7) is 0.645. The number of carboxylic acid groups (broad SMARTS) is 1. The number of aryl methyl sites for hydroxylation is 1. The Labute approximate surface area is 133 Å². The highest BCUT2D eigenvalue weighted by Gasteiger charge is 2.05. The summed E-state index contributed by atoms with van der Waals surface area (Å²) in [7, 11) is 0. The van der Waals surface area contributed by atoms with Crippen LogP contribution in [0.5, 0.6) is 0 Å². The number of aromatic nitrogens is 4. The van der Waals surface area contributed by atoms with Crippen LogP contribution in [-0.2, 0) is 17.8 Å². The fourth-order valence-electron chi connectivity index (χ4n) is 2.28. The van der Waals surface area contributed by atoms with Gasteiger partial charge < -0.3 is 5.11 Å². The second-order valence-corrected chi connectivity index (χ2v) is 5.25. The fourth-order valence-corrected chi connectivity index (χ4v) is 2.28. The summed E-state index contributed by atoms with van der Waals surface area (Å²) in [5.74, 6) is -0.784. The van der Waals surface area contributed by atoms with E-state index in [0.717, 1.165) is 22.4 Å². The van der Waals surface area contributed by atoms with Crippen LogP contribution in [0.4, 0.5) is 0 Å². The predicted molar refractivity (Wildman–Crippen MR) is 84.8 cm³/mol. The number of rotatable bonds is 6. The zero-order valence-electron chi connectivity index (χ0n) is 12.5. The van der Waals surface area contributed by atoms with E-state index in [2.05, 4.69) is 15.3 Å². The molecule has 1 N–H and O–H groups in total. The first-order valence-electron chi connectivity index (χ1n) is 7.31. The van der Waals surface area contributed by atoms with E-state index >= 15 is 0 Å². The fraction of sp³-hybridized carbons (Fsp3) is 0.176. The molecule has 6 heteroatoms. The maximum Gasteiger partial charge on any atom is 0.303 e. The third-order valence-corrected chi connectivity index (χ3v) is 3.51. The maximum absolute atomic E-state index is 10.6. The second-order valence-electron chi connectivity index (χ2n) is 5.25. The van der Waals surface area contributed by atoms with Gasteiger partial charge in [-0.2, -0.15) is 0 Å². The van der Waals surface area contributed by atoms with Crippen molar-refractivity contribution in [3.8, 4) is 11.3 Å². The summed E-state index contributed by atoms with van der Waals surface area (Å²) in [6.07, 6.45) is 6.07. The van der Waals surface area contributed by atoms with Gasteiger partial charge in [-0.3, -0.25) is 9.78 Å². The number of aliphatic carboxylic acids is 1. The van der Waals surface area contributed by atoms with Crippen molar-refractivity contribution in [2.45, 2.75) is 19.4 Å². The molecule has 6 nitrogen and oxygen atoms in total. The van der Waals surface area contributed by atoms with Crippen LogP contribution >= 0.6 is 0 Å². The Morgan fingerprint density at radius 2 is 1.78 bits per heavy atom. The van der Waals surface area contributed by atoms with Gasteiger partial charge in [-0.15, -0.1) is 5.10 Å². The average molecular weight is 308 g/mol. The molecule has 0 unspecified atom stereocenters. The first kappa shape index (κ1) is 14.9. The first-order valence-corrected chi connectivity index (χ1v) is 7.31. The molecule has 2 aromatic heterocycles. The Bertz CT molecular complexity index is 782. The van der Waals surface area contributed by atoms with Crippen molar-refractivity contribution in [3.63, 3.8) is 0 Å². The van der Waals surface area contributed by atoms with Crippen molar-refractivity contribution in [3.05, 3.63) is 66.1 Å². The van der Waals surface area contributed by atoms with Gasteiger partial charge in [0.05, 0.1) is 12.7 Å². The normalized spacial score (nSPS) is 10.6. The Morgan fingerprint density at radius 1 is 1.04 bits per heavy atom. The van der Waals surface area contributed by atoms with Gasteiger partial charge in [0, 0.05) is 24.4 Å². The molecular formula is C17H16N4O2. The number of carbonyl (C=O) groups is 1. The molecule has 0 aliphatic heterocycles. The SMILES string of the molecule is O=C(O)CCc1ccc(-c2cn(Cc3ccncc3)nn2)cc1. The highest BCUT2D eigenvalue weighted by atomic mass is 16.4. The molecule has 3 rings (SSSR count). The third-order valence-electron chi connectivity index (χ3n) is 3.51. The van der Waals surface area contributed by atoms with Crippen molar-refractivity contribution in [1.29, 1.82) is 0 Å². The summed E-state index contributed by atoms with van der Waals surface area (Å²) in [5, 5.41) is 17.0. The number of carboxylic acids is 1. The highest BCUT2D eigenvalue weighted by Crippen LogP contribution is 2.18. The molecule has 23 heavy (non-hydrogen) atoms. The molecule has 2 heterocycles. The minimum atomic E-state index is -0.784. The summed E-state index contributed by atoms with van der Waals surface area (Å²) in [4.78, 5) is 14.6. The van der Waals surface area contributed by atoms with Crippen LogP contribution in [0.3, 0.4) is 0 Å². The van der Waals surface area contributed by atoms with Gasteiger partial charge in [0.2, 0.25) is 0 Å². The van der Waals surface area contributed by atoms with Crippen molar-refractivity contribution in [2.75, 3.05) is 0 Å². The van der Waals surface area contributed by atoms with Gasteiger partial charge in [0.25, 0.3) is 0 Å². The highest BCUT2D eigenvalue weighted by molar-refractivity contribution is 5.67. The molecule has 0 amide bonds. The van der Waals surface area contributed by atoms with E-state index in [1.165, 1.54) is 0 Å². The first-order chi connectivity index (χ1) is 11.2. The van der Waals surface area contributed by atoms with Gasteiger partial charge >= 0.3 is 5.97 Å². The van der Waals surface area contributed by atoms with Gasteiger partial charge in [0.1, 0.15) is 5.69 Å². The number of hydrogen-bond donors (Lipinski definition) is 1. The Kier molecular flexibility index (Phi) is 4.42. The van der Waals surface area contributed by atoms with E-state index < -0.39 is 5.97 Å². The Hall–Kier alpha value is -3.02. The molecule has 1 aromatic carbocycles. The van der Waals surface area contributed by atoms with Gasteiger partial charge in [-0.1, -0.05) is 29.5 Å². The molecule has 0 aliphatic carbocycles. The van der Waals surface area contributed by atoms with E-state index in [9.17, 15) is 4.79 Å². The van der Waals surface area contributed by atoms with Gasteiger partial charge in [-0.25, -0.2) is 4.68 Å². The van der Waals surface area contributed by atoms with Crippen LogP contribution < -0.4 is 0 Å². The third kappa shape index (κ3) is 4.00. The summed E-state index contributed by atoms with van der Waals surface area (Å²) in [5.41, 5.74) is 3.87. The van der Waals surface area contributed by atoms with Crippen LogP contribution in [0.2, 0.25) is 0 Å². The van der Waals surface area contributed by atoms with Crippen LogP contribution in [-0.4, -0.2) is 31.1 Å². The number of nitrogens with zero attached hydrogens (tertiary/aromatic N) is 4. The summed E-state index contributed by atoms with van der Waals surface area (Å²) in [6, 6.07) is 11.6. The van der Waals surface area contributed by atoms with Crippen LogP contribution in [0, 0.1) is 0 Å². The zero-order chi connectivity index (χ0) is 16.1. The molecule has 0 atom stereocenters. The smallest absolute Gasteiger partial charge is 0.303 e. The summed E-state index contributed by atoms with van der Waals surface area (Å²) >= 11 is 0. The van der Waals surface area contributed by atoms with Crippen LogP contribution in [0.15, 0.2) is 55.0 Å². The summed E-state index contributed by atoms with van der Waals surface area (Å²) < 4.78 is 1.78. The second kappa shape index (κ2) is 6.83. The maximum atomic E-state index is 10.6. The molecule has 0 saturated heterocycles. The van der Waals surface area contributed by atoms with Crippen LogP contribution in [0.25, 0.3) is 11.3 Å². The number of pyridine rings is 1. The zero-order valence-corrected chi connectivity index (χ0v) is 12.5. The lowest BCUT2D eigenvalue weighted by Crippen LogP contribution is -2.00. The lowest BCUT2D eigenvalue weighted by molar-refractivity contribution is -0.136. The van der Waals surface area contributed by atoms with Crippen LogP contribution in [0.1, 0.15) is 17.5 Å². The van der Waals surface area contributed by atoms with E-state index in [1.54, 1.807) is 17.1 Å². The molecule has 0 aliphatic rings. The molecular weight excluding hydrogens is 292 g/mol. The minimum absolute atomic E-state index is 0.140. The predicted octanol–water partition coefficient (Wildman–Crippen LogP) is 2.41. The average Bonchev–Trinajstić information content (AvgIpc) is 3.03.